The third kappa shape index (κ3) is 8.51. The van der Waals surface area contributed by atoms with Gasteiger partial charge < -0.3 is 9.13 Å². The molecular weight excluding hydrogens is 428 g/mol. The second kappa shape index (κ2) is 15.8. The van der Waals surface area contributed by atoms with Gasteiger partial charge in [0, 0.05) is 29.2 Å². The maximum absolute atomic E-state index is 9.15. The number of nitriles is 2. The second-order valence-corrected chi connectivity index (χ2v) is 8.50. The van der Waals surface area contributed by atoms with Crippen molar-refractivity contribution in [2.24, 2.45) is 0 Å². The molecule has 0 bridgehead atoms. The predicted octanol–water partition coefficient (Wildman–Crippen LogP) is 7.19. The Bertz CT molecular complexity index is 1010. The summed E-state index contributed by atoms with van der Waals surface area (Å²) in [6.45, 7) is 21.7. The lowest BCUT2D eigenvalue weighted by Gasteiger charge is -2.07. The molecule has 0 N–H and O–H groups in total. The summed E-state index contributed by atoms with van der Waals surface area (Å²) in [5.74, 6) is 0.812. The predicted molar refractivity (Wildman–Crippen MR) is 139 cm³/mol. The number of thiazole rings is 1. The van der Waals surface area contributed by atoms with E-state index in [-0.39, 0.29) is 0 Å². The summed E-state index contributed by atoms with van der Waals surface area (Å²) in [7, 11) is 0. The highest BCUT2D eigenvalue weighted by atomic mass is 32.1. The number of imidazole rings is 1. The molecule has 3 aromatic heterocycles. The molecule has 3 aromatic rings. The van der Waals surface area contributed by atoms with Crippen molar-refractivity contribution in [2.75, 3.05) is 0 Å². The van der Waals surface area contributed by atoms with E-state index < -0.39 is 0 Å². The summed E-state index contributed by atoms with van der Waals surface area (Å²) in [4.78, 5) is 8.52. The van der Waals surface area contributed by atoms with Crippen LogP contribution in [0.4, 0.5) is 0 Å². The molecule has 0 aliphatic carbocycles. The molecule has 0 unspecified atom stereocenters. The first-order valence-corrected chi connectivity index (χ1v) is 12.5. The molecule has 0 saturated carbocycles. The molecule has 0 spiro atoms. The summed E-state index contributed by atoms with van der Waals surface area (Å²) in [5.41, 5.74) is 5.31. The van der Waals surface area contributed by atoms with Crippen molar-refractivity contribution in [1.82, 2.24) is 19.1 Å². The Morgan fingerprint density at radius 3 is 1.97 bits per heavy atom. The molecule has 6 nitrogen and oxygen atoms in total. The Kier molecular flexibility index (Phi) is 14.4. The lowest BCUT2D eigenvalue weighted by molar-refractivity contribution is 0.752. The Balaban J connectivity index is 0.000000564. The quantitative estimate of drug-likeness (QED) is 0.397. The number of aromatic nitrogens is 4. The fourth-order valence-electron chi connectivity index (χ4n) is 3.39. The fourth-order valence-corrected chi connectivity index (χ4v) is 4.01. The van der Waals surface area contributed by atoms with E-state index >= 15 is 0 Å². The van der Waals surface area contributed by atoms with Gasteiger partial charge >= 0.3 is 0 Å². The Morgan fingerprint density at radius 2 is 1.58 bits per heavy atom. The topological polar surface area (TPSA) is 83.2 Å². The third-order valence-corrected chi connectivity index (χ3v) is 5.57. The molecule has 0 aromatic carbocycles. The maximum atomic E-state index is 9.15. The van der Waals surface area contributed by atoms with Crippen molar-refractivity contribution in [1.29, 1.82) is 10.5 Å². The summed E-state index contributed by atoms with van der Waals surface area (Å²) in [6, 6.07) is 4.38. The molecule has 0 aliphatic rings. The minimum absolute atomic E-state index is 0.377. The highest BCUT2D eigenvalue weighted by Gasteiger charge is 2.15. The monoisotopic (exact) mass is 468 g/mol. The smallest absolute Gasteiger partial charge is 0.112 e. The van der Waals surface area contributed by atoms with Crippen molar-refractivity contribution < 1.29 is 0 Å². The number of hydrogen-bond acceptors (Lipinski definition) is 5. The van der Waals surface area contributed by atoms with Crippen LogP contribution in [-0.4, -0.2) is 19.1 Å². The van der Waals surface area contributed by atoms with E-state index in [4.69, 9.17) is 10.5 Å². The molecule has 0 radical (unpaired) electrons. The number of nitrogens with zero attached hydrogens (tertiary/aromatic N) is 6. The van der Waals surface area contributed by atoms with E-state index in [1.54, 1.807) is 17.7 Å². The lowest BCUT2D eigenvalue weighted by Crippen LogP contribution is -2.01. The van der Waals surface area contributed by atoms with Gasteiger partial charge in [-0.3, -0.25) is 0 Å². The van der Waals surface area contributed by atoms with Crippen LogP contribution in [0, 0.1) is 36.5 Å². The van der Waals surface area contributed by atoms with Crippen molar-refractivity contribution >= 4 is 11.3 Å². The molecular formula is C26H40N6S. The van der Waals surface area contributed by atoms with E-state index in [9.17, 15) is 0 Å². The van der Waals surface area contributed by atoms with Gasteiger partial charge in [-0.2, -0.15) is 10.5 Å². The van der Waals surface area contributed by atoms with Crippen molar-refractivity contribution in [3.8, 4) is 12.1 Å². The van der Waals surface area contributed by atoms with Gasteiger partial charge in [0.25, 0.3) is 0 Å². The molecule has 0 amide bonds. The van der Waals surface area contributed by atoms with E-state index in [1.807, 2.05) is 57.0 Å². The fraction of sp³-hybridized carbons (Fsp3) is 0.538. The van der Waals surface area contributed by atoms with E-state index in [0.717, 1.165) is 34.1 Å². The largest absolute Gasteiger partial charge is 0.343 e. The first-order chi connectivity index (χ1) is 15.8. The summed E-state index contributed by atoms with van der Waals surface area (Å²) >= 11 is 1.64. The van der Waals surface area contributed by atoms with E-state index in [1.165, 1.54) is 5.69 Å². The molecule has 0 atom stereocenters. The van der Waals surface area contributed by atoms with Gasteiger partial charge in [0.15, 0.2) is 0 Å². The molecule has 33 heavy (non-hydrogen) atoms. The SMILES string of the molecule is CC.CC.Cc1c(C(C)C)c(C#N)cn1Cc1nccs1.Cc1c(C(C)C)ncn1CC#N. The van der Waals surface area contributed by atoms with Crippen LogP contribution in [0.25, 0.3) is 0 Å². The van der Waals surface area contributed by atoms with Gasteiger partial charge in [0.1, 0.15) is 17.6 Å². The van der Waals surface area contributed by atoms with Gasteiger partial charge in [0.2, 0.25) is 0 Å². The Labute approximate surface area is 204 Å². The summed E-state index contributed by atoms with van der Waals surface area (Å²) < 4.78 is 3.99. The minimum atomic E-state index is 0.377. The van der Waals surface area contributed by atoms with E-state index in [2.05, 4.69) is 61.3 Å². The first kappa shape index (κ1) is 30.1. The normalized spacial score (nSPS) is 9.64. The van der Waals surface area contributed by atoms with Gasteiger partial charge in [-0.1, -0.05) is 55.4 Å². The Morgan fingerprint density at radius 1 is 0.939 bits per heavy atom. The van der Waals surface area contributed by atoms with Crippen LogP contribution in [-0.2, 0) is 13.1 Å². The summed E-state index contributed by atoms with van der Waals surface area (Å²) in [6.07, 6.45) is 5.48. The Hall–Kier alpha value is -2.90. The number of rotatable bonds is 5. The van der Waals surface area contributed by atoms with Gasteiger partial charge in [0.05, 0.1) is 30.2 Å². The maximum Gasteiger partial charge on any atom is 0.112 e. The van der Waals surface area contributed by atoms with Gasteiger partial charge in [-0.15, -0.1) is 11.3 Å². The molecule has 180 valence electrons. The standard InChI is InChI=1S/C13H15N3S.C9H13N3.2C2H6/c1-9(2)13-10(3)16(7-11(13)6-14)8-12-15-4-5-17-12;1-7(2)9-8(3)12(5-4-10)6-11-9;2*1-2/h4-5,7,9H,8H2,1-3H3;6-7H,5H2,1-3H3;2*1-2H3. The van der Waals surface area contributed by atoms with Crippen LogP contribution in [0.2, 0.25) is 0 Å². The van der Waals surface area contributed by atoms with Crippen LogP contribution in [0.1, 0.15) is 100 Å². The zero-order chi connectivity index (χ0) is 25.6. The second-order valence-electron chi connectivity index (χ2n) is 7.52. The zero-order valence-corrected chi connectivity index (χ0v) is 22.8. The molecule has 0 fully saturated rings. The molecule has 7 heteroatoms. The molecule has 3 rings (SSSR count). The molecule has 3 heterocycles. The number of hydrogen-bond donors (Lipinski definition) is 0. The van der Waals surface area contributed by atoms with Gasteiger partial charge in [-0.05, 0) is 31.2 Å². The van der Waals surface area contributed by atoms with Crippen molar-refractivity contribution in [2.45, 2.75) is 94.2 Å². The molecule has 0 aliphatic heterocycles. The average molecular weight is 469 g/mol. The molecule has 0 saturated heterocycles. The van der Waals surface area contributed by atoms with Crippen LogP contribution < -0.4 is 0 Å². The zero-order valence-electron chi connectivity index (χ0n) is 22.0. The minimum Gasteiger partial charge on any atom is -0.343 e. The highest BCUT2D eigenvalue weighted by molar-refractivity contribution is 7.09. The first-order valence-electron chi connectivity index (χ1n) is 11.7. The van der Waals surface area contributed by atoms with Gasteiger partial charge in [-0.25, -0.2) is 9.97 Å². The van der Waals surface area contributed by atoms with Crippen molar-refractivity contribution in [3.63, 3.8) is 0 Å². The van der Waals surface area contributed by atoms with Crippen LogP contribution >= 0.6 is 11.3 Å². The lowest BCUT2D eigenvalue weighted by atomic mass is 10.00. The average Bonchev–Trinajstić information content (AvgIpc) is 3.52. The summed E-state index contributed by atoms with van der Waals surface area (Å²) in [5, 5.41) is 20.7. The third-order valence-electron chi connectivity index (χ3n) is 4.81. The van der Waals surface area contributed by atoms with Crippen molar-refractivity contribution in [3.05, 3.63) is 57.3 Å². The highest BCUT2D eigenvalue weighted by Crippen LogP contribution is 2.25. The van der Waals surface area contributed by atoms with Crippen LogP contribution in [0.15, 0.2) is 24.1 Å². The van der Waals surface area contributed by atoms with E-state index in [0.29, 0.717) is 18.4 Å². The van der Waals surface area contributed by atoms with Crippen LogP contribution in [0.5, 0.6) is 0 Å². The van der Waals surface area contributed by atoms with Crippen LogP contribution in [0.3, 0.4) is 0 Å².